The van der Waals surface area contributed by atoms with Crippen molar-refractivity contribution in [2.24, 2.45) is 0 Å². The minimum atomic E-state index is 0.0341. The Labute approximate surface area is 154 Å². The third-order valence-electron chi connectivity index (χ3n) is 5.46. The van der Waals surface area contributed by atoms with Gasteiger partial charge < -0.3 is 4.74 Å². The Balaban J connectivity index is 1.45. The van der Waals surface area contributed by atoms with Crippen LogP contribution in [0.2, 0.25) is 0 Å². The van der Waals surface area contributed by atoms with E-state index in [9.17, 15) is 4.79 Å². The van der Waals surface area contributed by atoms with E-state index in [2.05, 4.69) is 21.9 Å². The highest BCUT2D eigenvalue weighted by Crippen LogP contribution is 2.27. The average molecular weight is 354 g/mol. The number of hydrogen-bond acceptors (Lipinski definition) is 5. The molecule has 0 N–H and O–H groups in total. The van der Waals surface area contributed by atoms with Gasteiger partial charge in [-0.1, -0.05) is 25.1 Å². The van der Waals surface area contributed by atoms with Gasteiger partial charge in [0.15, 0.2) is 11.6 Å². The fraction of sp³-hybridized carbons (Fsp3) is 0.550. The molecule has 0 radical (unpaired) electrons. The van der Waals surface area contributed by atoms with E-state index in [1.54, 1.807) is 0 Å². The molecule has 2 aliphatic rings. The lowest BCUT2D eigenvalue weighted by atomic mass is 9.91. The molecule has 1 atom stereocenters. The Morgan fingerprint density at radius 1 is 1.19 bits per heavy atom. The van der Waals surface area contributed by atoms with E-state index in [0.717, 1.165) is 57.0 Å². The molecule has 2 aliphatic heterocycles. The first-order valence-corrected chi connectivity index (χ1v) is 9.62. The third kappa shape index (κ3) is 3.44. The molecule has 0 amide bonds. The van der Waals surface area contributed by atoms with E-state index in [4.69, 9.17) is 4.74 Å². The molecule has 3 heterocycles. The Morgan fingerprint density at radius 3 is 2.62 bits per heavy atom. The summed E-state index contributed by atoms with van der Waals surface area (Å²) in [6, 6.07) is 10.5. The molecule has 138 valence electrons. The summed E-state index contributed by atoms with van der Waals surface area (Å²) in [4.78, 5) is 19.8. The first-order chi connectivity index (χ1) is 12.8. The molecular formula is C20H26N4O2. The van der Waals surface area contributed by atoms with E-state index in [1.807, 2.05) is 35.0 Å². The second-order valence-electron chi connectivity index (χ2n) is 7.07. The minimum Gasteiger partial charge on any atom is -0.381 e. The maximum Gasteiger partial charge on any atom is 0.158 e. The van der Waals surface area contributed by atoms with Gasteiger partial charge in [0, 0.05) is 32.2 Å². The molecule has 0 unspecified atom stereocenters. The summed E-state index contributed by atoms with van der Waals surface area (Å²) in [5, 5.41) is 4.62. The number of aromatic nitrogens is 3. The summed E-state index contributed by atoms with van der Waals surface area (Å²) < 4.78 is 7.31. The molecular weight excluding hydrogens is 328 g/mol. The van der Waals surface area contributed by atoms with Crippen LogP contribution in [-0.2, 0) is 22.4 Å². The summed E-state index contributed by atoms with van der Waals surface area (Å²) in [6.45, 7) is 4.71. The summed E-state index contributed by atoms with van der Waals surface area (Å²) >= 11 is 0. The fourth-order valence-corrected chi connectivity index (χ4v) is 3.95. The van der Waals surface area contributed by atoms with Gasteiger partial charge in [0.1, 0.15) is 5.82 Å². The topological polar surface area (TPSA) is 60.3 Å². The summed E-state index contributed by atoms with van der Waals surface area (Å²) in [7, 11) is 0. The van der Waals surface area contributed by atoms with E-state index in [-0.39, 0.29) is 11.8 Å². The van der Waals surface area contributed by atoms with Crippen LogP contribution in [0.15, 0.2) is 30.3 Å². The fourth-order valence-electron chi connectivity index (χ4n) is 3.95. The van der Waals surface area contributed by atoms with Crippen LogP contribution in [-0.4, -0.2) is 57.3 Å². The van der Waals surface area contributed by atoms with Crippen molar-refractivity contribution in [3.8, 4) is 5.69 Å². The lowest BCUT2D eigenvalue weighted by Crippen LogP contribution is -2.58. The van der Waals surface area contributed by atoms with Crippen molar-refractivity contribution >= 4 is 5.78 Å². The van der Waals surface area contributed by atoms with Crippen LogP contribution >= 0.6 is 0 Å². The molecule has 6 heteroatoms. The predicted molar refractivity (Wildman–Crippen MR) is 98.4 cm³/mol. The standard InChI is InChI=1S/C20H26N4O2/c1-2-20-21-19(22-24(20)16-6-4-3-5-7-16)14-18(25)17-8-11-23(17)15-9-12-26-13-10-15/h3-7,15,17H,2,8-14H2,1H3/t17-/m0/s1. The SMILES string of the molecule is CCc1nc(CC(=O)[C@@H]2CCN2C2CCOCC2)nn1-c1ccccc1. The number of hydrogen-bond donors (Lipinski definition) is 0. The van der Waals surface area contributed by atoms with Crippen molar-refractivity contribution < 1.29 is 9.53 Å². The Hall–Kier alpha value is -2.05. The number of rotatable bonds is 6. The zero-order valence-corrected chi connectivity index (χ0v) is 15.3. The number of benzene rings is 1. The van der Waals surface area contributed by atoms with Gasteiger partial charge in [0.05, 0.1) is 18.2 Å². The van der Waals surface area contributed by atoms with Crippen molar-refractivity contribution in [2.45, 2.75) is 51.1 Å². The van der Waals surface area contributed by atoms with Crippen LogP contribution in [0.3, 0.4) is 0 Å². The number of aryl methyl sites for hydroxylation is 1. The van der Waals surface area contributed by atoms with Crippen LogP contribution in [0.25, 0.3) is 5.69 Å². The van der Waals surface area contributed by atoms with Crippen molar-refractivity contribution in [1.29, 1.82) is 0 Å². The monoisotopic (exact) mass is 354 g/mol. The zero-order valence-electron chi connectivity index (χ0n) is 15.3. The predicted octanol–water partition coefficient (Wildman–Crippen LogP) is 2.19. The molecule has 6 nitrogen and oxygen atoms in total. The quantitative estimate of drug-likeness (QED) is 0.796. The van der Waals surface area contributed by atoms with E-state index in [0.29, 0.717) is 18.3 Å². The average Bonchev–Trinajstić information content (AvgIpc) is 3.05. The maximum atomic E-state index is 12.8. The van der Waals surface area contributed by atoms with Crippen LogP contribution < -0.4 is 0 Å². The van der Waals surface area contributed by atoms with Crippen molar-refractivity contribution in [2.75, 3.05) is 19.8 Å². The van der Waals surface area contributed by atoms with E-state index in [1.165, 1.54) is 0 Å². The van der Waals surface area contributed by atoms with Gasteiger partial charge >= 0.3 is 0 Å². The van der Waals surface area contributed by atoms with Crippen molar-refractivity contribution in [3.63, 3.8) is 0 Å². The number of para-hydroxylation sites is 1. The van der Waals surface area contributed by atoms with Gasteiger partial charge in [0.2, 0.25) is 0 Å². The molecule has 2 saturated heterocycles. The van der Waals surface area contributed by atoms with Crippen molar-refractivity contribution in [1.82, 2.24) is 19.7 Å². The van der Waals surface area contributed by atoms with Gasteiger partial charge in [-0.2, -0.15) is 5.10 Å². The van der Waals surface area contributed by atoms with E-state index >= 15 is 0 Å². The van der Waals surface area contributed by atoms with Gasteiger partial charge in [-0.3, -0.25) is 9.69 Å². The zero-order chi connectivity index (χ0) is 17.9. The number of ketones is 1. The van der Waals surface area contributed by atoms with Crippen LogP contribution in [0, 0.1) is 0 Å². The van der Waals surface area contributed by atoms with E-state index < -0.39 is 0 Å². The molecule has 2 fully saturated rings. The van der Waals surface area contributed by atoms with Crippen LogP contribution in [0.1, 0.15) is 37.8 Å². The molecule has 0 saturated carbocycles. The minimum absolute atomic E-state index is 0.0341. The largest absolute Gasteiger partial charge is 0.381 e. The number of carbonyl (C=O) groups excluding carboxylic acids is 1. The highest BCUT2D eigenvalue weighted by Gasteiger charge is 2.39. The first kappa shape index (κ1) is 17.4. The molecule has 0 aliphatic carbocycles. The molecule has 2 aromatic rings. The van der Waals surface area contributed by atoms with Crippen LogP contribution in [0.5, 0.6) is 0 Å². The maximum absolute atomic E-state index is 12.8. The summed E-state index contributed by atoms with van der Waals surface area (Å²) in [5.74, 6) is 1.78. The molecule has 0 spiro atoms. The van der Waals surface area contributed by atoms with Gasteiger partial charge in [-0.05, 0) is 31.4 Å². The number of likely N-dealkylation sites (tertiary alicyclic amines) is 1. The molecule has 4 rings (SSSR count). The Bertz CT molecular complexity index is 752. The molecule has 26 heavy (non-hydrogen) atoms. The lowest BCUT2D eigenvalue weighted by Gasteiger charge is -2.46. The number of Topliss-reactive ketones (excluding diaryl/α,β-unsaturated/α-hetero) is 1. The highest BCUT2D eigenvalue weighted by atomic mass is 16.5. The lowest BCUT2D eigenvalue weighted by molar-refractivity contribution is -0.131. The third-order valence-corrected chi connectivity index (χ3v) is 5.46. The highest BCUT2D eigenvalue weighted by molar-refractivity contribution is 5.86. The normalized spacial score (nSPS) is 21.5. The molecule has 1 aromatic carbocycles. The number of ether oxygens (including phenoxy) is 1. The number of carbonyl (C=O) groups is 1. The van der Waals surface area contributed by atoms with Crippen LogP contribution in [0.4, 0.5) is 0 Å². The second-order valence-corrected chi connectivity index (χ2v) is 7.07. The summed E-state index contributed by atoms with van der Waals surface area (Å²) in [6.07, 6.45) is 4.12. The first-order valence-electron chi connectivity index (χ1n) is 9.62. The van der Waals surface area contributed by atoms with Crippen molar-refractivity contribution in [3.05, 3.63) is 42.0 Å². The summed E-state index contributed by atoms with van der Waals surface area (Å²) in [5.41, 5.74) is 0.989. The molecule has 1 aromatic heterocycles. The van der Waals surface area contributed by atoms with Gasteiger partial charge in [-0.25, -0.2) is 9.67 Å². The van der Waals surface area contributed by atoms with Gasteiger partial charge in [0.25, 0.3) is 0 Å². The Morgan fingerprint density at radius 2 is 1.96 bits per heavy atom. The smallest absolute Gasteiger partial charge is 0.158 e. The molecule has 0 bridgehead atoms. The number of nitrogens with zero attached hydrogens (tertiary/aromatic N) is 4. The van der Waals surface area contributed by atoms with Gasteiger partial charge in [-0.15, -0.1) is 0 Å². The Kier molecular flexibility index (Phi) is 5.13. The second kappa shape index (κ2) is 7.68.